The number of alkyl carbamates (subject to hydrolysis) is 1. The van der Waals surface area contributed by atoms with Gasteiger partial charge in [0.05, 0.1) is 10.0 Å². The van der Waals surface area contributed by atoms with E-state index in [2.05, 4.69) is 25.8 Å². The molecule has 0 bridgehead atoms. The van der Waals surface area contributed by atoms with Gasteiger partial charge in [-0.2, -0.15) is 4.98 Å². The molecule has 2 rings (SSSR count). The summed E-state index contributed by atoms with van der Waals surface area (Å²) in [7, 11) is 0. The zero-order valence-corrected chi connectivity index (χ0v) is 17.7. The molecule has 1 unspecified atom stereocenters. The monoisotopic (exact) mass is 426 g/mol. The summed E-state index contributed by atoms with van der Waals surface area (Å²) >= 11 is 12.2. The van der Waals surface area contributed by atoms with Crippen LogP contribution in [0.25, 0.3) is 11.3 Å². The van der Waals surface area contributed by atoms with Crippen molar-refractivity contribution >= 4 is 41.1 Å². The van der Waals surface area contributed by atoms with E-state index in [4.69, 9.17) is 33.7 Å². The second-order valence-electron chi connectivity index (χ2n) is 7.34. The Morgan fingerprint density at radius 2 is 1.96 bits per heavy atom. The molecule has 0 fully saturated rings. The van der Waals surface area contributed by atoms with E-state index in [1.54, 1.807) is 18.2 Å². The lowest BCUT2D eigenvalue weighted by Crippen LogP contribution is -2.36. The van der Waals surface area contributed by atoms with Crippen LogP contribution >= 0.6 is 23.2 Å². The molecule has 2 aromatic rings. The molecule has 0 saturated heterocycles. The van der Waals surface area contributed by atoms with Crippen LogP contribution in [0.3, 0.4) is 0 Å². The molecule has 8 nitrogen and oxygen atoms in total. The Kier molecular flexibility index (Phi) is 7.26. The maximum Gasteiger partial charge on any atom is 0.407 e. The molecular formula is C18H24Cl2N6O2. The molecule has 1 heterocycles. The third kappa shape index (κ3) is 6.38. The van der Waals surface area contributed by atoms with Crippen LogP contribution < -0.4 is 16.4 Å². The number of nitrogens with two attached hydrogens (primary N) is 1. The number of aromatic nitrogens is 3. The van der Waals surface area contributed by atoms with Crippen molar-refractivity contribution in [2.45, 2.75) is 33.3 Å². The molecule has 152 valence electrons. The van der Waals surface area contributed by atoms with Gasteiger partial charge in [0.15, 0.2) is 5.82 Å². The number of carbonyl (C=O) groups excluding carboxylic acids is 1. The number of nitrogen functional groups attached to an aromatic ring is 1. The number of nitrogens with one attached hydrogen (secondary N) is 2. The highest BCUT2D eigenvalue weighted by atomic mass is 35.5. The summed E-state index contributed by atoms with van der Waals surface area (Å²) in [5.41, 5.74) is 6.40. The van der Waals surface area contributed by atoms with E-state index in [0.29, 0.717) is 34.4 Å². The third-order valence-corrected chi connectivity index (χ3v) is 4.34. The highest BCUT2D eigenvalue weighted by Gasteiger charge is 2.17. The maximum absolute atomic E-state index is 11.7. The average Bonchev–Trinajstić information content (AvgIpc) is 2.59. The van der Waals surface area contributed by atoms with Gasteiger partial charge in [0.1, 0.15) is 11.3 Å². The zero-order chi connectivity index (χ0) is 20.9. The number of rotatable bonds is 6. The summed E-state index contributed by atoms with van der Waals surface area (Å²) in [5.74, 6) is 0.559. The minimum Gasteiger partial charge on any atom is -0.444 e. The Hall–Kier alpha value is -2.32. The number of ether oxygens (including phenoxy) is 1. The number of nitrogens with zero attached hydrogens (tertiary/aromatic N) is 3. The highest BCUT2D eigenvalue weighted by Crippen LogP contribution is 2.34. The number of halogens is 2. The number of amides is 1. The molecule has 28 heavy (non-hydrogen) atoms. The van der Waals surface area contributed by atoms with Crippen molar-refractivity contribution in [1.82, 2.24) is 20.5 Å². The maximum atomic E-state index is 11.7. The van der Waals surface area contributed by atoms with E-state index < -0.39 is 11.7 Å². The van der Waals surface area contributed by atoms with Gasteiger partial charge in [-0.25, -0.2) is 4.79 Å². The molecule has 1 atom stereocenters. The van der Waals surface area contributed by atoms with Crippen LogP contribution in [0.5, 0.6) is 0 Å². The Labute approximate surface area is 174 Å². The van der Waals surface area contributed by atoms with Gasteiger partial charge in [0, 0.05) is 18.7 Å². The van der Waals surface area contributed by atoms with Crippen LogP contribution in [-0.2, 0) is 4.74 Å². The smallest absolute Gasteiger partial charge is 0.407 e. The van der Waals surface area contributed by atoms with Crippen LogP contribution in [0.1, 0.15) is 27.7 Å². The van der Waals surface area contributed by atoms with Gasteiger partial charge in [-0.1, -0.05) is 42.3 Å². The van der Waals surface area contributed by atoms with Crippen LogP contribution in [0.4, 0.5) is 16.6 Å². The normalized spacial score (nSPS) is 12.4. The SMILES string of the molecule is CC(CNC(=O)OC(C)(C)C)CNc1nnc(-c2cccc(Cl)c2Cl)c(N)n1. The first-order valence-electron chi connectivity index (χ1n) is 8.72. The van der Waals surface area contributed by atoms with Gasteiger partial charge in [0.25, 0.3) is 0 Å². The van der Waals surface area contributed by atoms with Crippen molar-refractivity contribution in [1.29, 1.82) is 0 Å². The van der Waals surface area contributed by atoms with Gasteiger partial charge in [-0.3, -0.25) is 0 Å². The van der Waals surface area contributed by atoms with E-state index in [9.17, 15) is 4.79 Å². The molecular weight excluding hydrogens is 403 g/mol. The fourth-order valence-corrected chi connectivity index (χ4v) is 2.59. The van der Waals surface area contributed by atoms with Crippen LogP contribution in [0.2, 0.25) is 10.0 Å². The lowest BCUT2D eigenvalue weighted by Gasteiger charge is -2.21. The van der Waals surface area contributed by atoms with Crippen molar-refractivity contribution in [3.05, 3.63) is 28.2 Å². The minimum atomic E-state index is -0.532. The second kappa shape index (κ2) is 9.25. The molecule has 1 aromatic carbocycles. The molecule has 0 saturated carbocycles. The van der Waals surface area contributed by atoms with E-state index in [0.717, 1.165) is 0 Å². The number of anilines is 2. The van der Waals surface area contributed by atoms with Crippen molar-refractivity contribution in [2.24, 2.45) is 5.92 Å². The lowest BCUT2D eigenvalue weighted by atomic mass is 10.1. The van der Waals surface area contributed by atoms with E-state index in [1.807, 2.05) is 27.7 Å². The number of hydrogen-bond donors (Lipinski definition) is 3. The topological polar surface area (TPSA) is 115 Å². The molecule has 0 aliphatic rings. The van der Waals surface area contributed by atoms with Crippen molar-refractivity contribution in [2.75, 3.05) is 24.1 Å². The van der Waals surface area contributed by atoms with Gasteiger partial charge in [-0.05, 0) is 32.8 Å². The van der Waals surface area contributed by atoms with Gasteiger partial charge >= 0.3 is 6.09 Å². The molecule has 4 N–H and O–H groups in total. The predicted octanol–water partition coefficient (Wildman–Crippen LogP) is 4.00. The largest absolute Gasteiger partial charge is 0.444 e. The van der Waals surface area contributed by atoms with Crippen molar-refractivity contribution in [3.8, 4) is 11.3 Å². The third-order valence-electron chi connectivity index (χ3n) is 3.52. The van der Waals surface area contributed by atoms with Gasteiger partial charge in [0.2, 0.25) is 5.95 Å². The quantitative estimate of drug-likeness (QED) is 0.638. The van der Waals surface area contributed by atoms with Gasteiger partial charge in [-0.15, -0.1) is 10.2 Å². The Balaban J connectivity index is 1.92. The summed E-state index contributed by atoms with van der Waals surface area (Å²) < 4.78 is 5.20. The van der Waals surface area contributed by atoms with E-state index in [1.165, 1.54) is 0 Å². The standard InChI is InChI=1S/C18H24Cl2N6O2/c1-10(9-23-17(27)28-18(2,3)4)8-22-16-24-15(21)14(25-26-16)11-6-5-7-12(19)13(11)20/h5-7,10H,8-9H2,1-4H3,(H,23,27)(H3,21,22,24,26). The fraction of sp³-hybridized carbons (Fsp3) is 0.444. The number of benzene rings is 1. The van der Waals surface area contributed by atoms with E-state index >= 15 is 0 Å². The molecule has 0 spiro atoms. The number of hydrogen-bond acceptors (Lipinski definition) is 7. The summed E-state index contributed by atoms with van der Waals surface area (Å²) in [6, 6.07) is 5.16. The summed E-state index contributed by atoms with van der Waals surface area (Å²) in [6.45, 7) is 8.34. The summed E-state index contributed by atoms with van der Waals surface area (Å²) in [4.78, 5) is 15.9. The van der Waals surface area contributed by atoms with Crippen LogP contribution in [0, 0.1) is 5.92 Å². The van der Waals surface area contributed by atoms with Crippen LogP contribution in [-0.4, -0.2) is 40.0 Å². The van der Waals surface area contributed by atoms with Crippen LogP contribution in [0.15, 0.2) is 18.2 Å². The highest BCUT2D eigenvalue weighted by molar-refractivity contribution is 6.43. The molecule has 0 aliphatic heterocycles. The molecule has 1 amide bonds. The zero-order valence-electron chi connectivity index (χ0n) is 16.2. The van der Waals surface area contributed by atoms with Gasteiger partial charge < -0.3 is 21.1 Å². The first kappa shape index (κ1) is 22.0. The molecule has 0 radical (unpaired) electrons. The Morgan fingerprint density at radius 1 is 1.25 bits per heavy atom. The summed E-state index contributed by atoms with van der Waals surface area (Å²) in [6.07, 6.45) is -0.454. The number of carbonyl (C=O) groups is 1. The second-order valence-corrected chi connectivity index (χ2v) is 8.12. The van der Waals surface area contributed by atoms with Crippen molar-refractivity contribution < 1.29 is 9.53 Å². The first-order valence-corrected chi connectivity index (χ1v) is 9.47. The predicted molar refractivity (Wildman–Crippen MR) is 112 cm³/mol. The first-order chi connectivity index (χ1) is 13.1. The fourth-order valence-electron chi connectivity index (χ4n) is 2.20. The molecule has 10 heteroatoms. The lowest BCUT2D eigenvalue weighted by molar-refractivity contribution is 0.0521. The Bertz CT molecular complexity index is 841. The Morgan fingerprint density at radius 3 is 2.61 bits per heavy atom. The van der Waals surface area contributed by atoms with Crippen molar-refractivity contribution in [3.63, 3.8) is 0 Å². The van der Waals surface area contributed by atoms with E-state index in [-0.39, 0.29) is 17.7 Å². The molecule has 1 aromatic heterocycles. The minimum absolute atomic E-state index is 0.0967. The average molecular weight is 427 g/mol. The summed E-state index contributed by atoms with van der Waals surface area (Å²) in [5, 5.41) is 14.7. The molecule has 0 aliphatic carbocycles.